The van der Waals surface area contributed by atoms with Crippen LogP contribution in [0.25, 0.3) is 0 Å². The standard InChI is InChI=1S/C19H21FO2/c1-4-19(2,3)15-7-11-17(12-8-15)22-13-18(21)14-5-9-16(20)10-6-14/h5-12H,4,13H2,1-3H3. The predicted molar refractivity (Wildman–Crippen MR) is 86.0 cm³/mol. The Balaban J connectivity index is 1.97. The van der Waals surface area contributed by atoms with Gasteiger partial charge in [-0.1, -0.05) is 32.9 Å². The van der Waals surface area contributed by atoms with Crippen LogP contribution < -0.4 is 4.74 Å². The Hall–Kier alpha value is -2.16. The molecule has 0 aliphatic rings. The molecule has 22 heavy (non-hydrogen) atoms. The van der Waals surface area contributed by atoms with E-state index in [0.29, 0.717) is 11.3 Å². The molecule has 2 nitrogen and oxygen atoms in total. The molecule has 2 aromatic carbocycles. The quantitative estimate of drug-likeness (QED) is 0.718. The van der Waals surface area contributed by atoms with E-state index in [-0.39, 0.29) is 23.6 Å². The maximum absolute atomic E-state index is 12.8. The van der Waals surface area contributed by atoms with Gasteiger partial charge in [-0.3, -0.25) is 4.79 Å². The van der Waals surface area contributed by atoms with Crippen LogP contribution in [-0.2, 0) is 5.41 Å². The number of Topliss-reactive ketones (excluding diaryl/α,β-unsaturated/α-hetero) is 1. The fourth-order valence-electron chi connectivity index (χ4n) is 2.07. The van der Waals surface area contributed by atoms with Crippen molar-refractivity contribution in [2.75, 3.05) is 6.61 Å². The molecule has 0 aliphatic carbocycles. The fourth-order valence-corrected chi connectivity index (χ4v) is 2.07. The second-order valence-corrected chi connectivity index (χ2v) is 5.98. The van der Waals surface area contributed by atoms with Gasteiger partial charge < -0.3 is 4.74 Å². The molecule has 0 radical (unpaired) electrons. The van der Waals surface area contributed by atoms with Crippen molar-refractivity contribution in [3.63, 3.8) is 0 Å². The highest BCUT2D eigenvalue weighted by atomic mass is 19.1. The van der Waals surface area contributed by atoms with Crippen LogP contribution in [0.2, 0.25) is 0 Å². The van der Waals surface area contributed by atoms with Gasteiger partial charge in [-0.25, -0.2) is 4.39 Å². The minimum atomic E-state index is -0.355. The molecule has 0 saturated carbocycles. The van der Waals surface area contributed by atoms with Crippen molar-refractivity contribution in [3.05, 3.63) is 65.5 Å². The number of hydrogen-bond donors (Lipinski definition) is 0. The van der Waals surface area contributed by atoms with Gasteiger partial charge in [-0.2, -0.15) is 0 Å². The van der Waals surface area contributed by atoms with E-state index in [1.165, 1.54) is 29.8 Å². The van der Waals surface area contributed by atoms with E-state index in [9.17, 15) is 9.18 Å². The molecule has 2 rings (SSSR count). The Labute approximate surface area is 130 Å². The van der Waals surface area contributed by atoms with Crippen molar-refractivity contribution >= 4 is 5.78 Å². The summed E-state index contributed by atoms with van der Waals surface area (Å²) in [5.41, 5.74) is 1.82. The van der Waals surface area contributed by atoms with Gasteiger partial charge in [0.25, 0.3) is 0 Å². The first-order valence-electron chi connectivity index (χ1n) is 7.44. The number of hydrogen-bond acceptors (Lipinski definition) is 2. The molecule has 3 heteroatoms. The highest BCUT2D eigenvalue weighted by Gasteiger charge is 2.17. The first-order chi connectivity index (χ1) is 10.4. The largest absolute Gasteiger partial charge is 0.485 e. The maximum Gasteiger partial charge on any atom is 0.200 e. The van der Waals surface area contributed by atoms with Gasteiger partial charge in [0.05, 0.1) is 0 Å². The first-order valence-corrected chi connectivity index (χ1v) is 7.44. The van der Waals surface area contributed by atoms with Crippen LogP contribution in [0, 0.1) is 5.82 Å². The molecule has 0 aliphatic heterocycles. The Morgan fingerprint density at radius 1 is 1.05 bits per heavy atom. The number of carbonyl (C=O) groups is 1. The van der Waals surface area contributed by atoms with Gasteiger partial charge in [-0.15, -0.1) is 0 Å². The lowest BCUT2D eigenvalue weighted by molar-refractivity contribution is 0.0921. The zero-order valence-electron chi connectivity index (χ0n) is 13.2. The van der Waals surface area contributed by atoms with Crippen molar-refractivity contribution in [1.82, 2.24) is 0 Å². The summed E-state index contributed by atoms with van der Waals surface area (Å²) in [5.74, 6) is 0.135. The van der Waals surface area contributed by atoms with Crippen molar-refractivity contribution in [2.24, 2.45) is 0 Å². The van der Waals surface area contributed by atoms with Crippen LogP contribution in [-0.4, -0.2) is 12.4 Å². The van der Waals surface area contributed by atoms with Crippen molar-refractivity contribution < 1.29 is 13.9 Å². The normalized spacial score (nSPS) is 11.3. The Bertz CT molecular complexity index is 627. The highest BCUT2D eigenvalue weighted by Crippen LogP contribution is 2.28. The molecular formula is C19H21FO2. The van der Waals surface area contributed by atoms with E-state index in [1.807, 2.05) is 24.3 Å². The van der Waals surface area contributed by atoms with Gasteiger partial charge in [0.1, 0.15) is 11.6 Å². The Kier molecular flexibility index (Phi) is 4.96. The first kappa shape index (κ1) is 16.2. The van der Waals surface area contributed by atoms with Crippen LogP contribution in [0.3, 0.4) is 0 Å². The molecule has 0 fully saturated rings. The second-order valence-electron chi connectivity index (χ2n) is 5.98. The number of ketones is 1. The molecule has 2 aromatic rings. The summed E-state index contributed by atoms with van der Waals surface area (Å²) in [4.78, 5) is 12.0. The number of benzene rings is 2. The van der Waals surface area contributed by atoms with Crippen LogP contribution in [0.5, 0.6) is 5.75 Å². The lowest BCUT2D eigenvalue weighted by Crippen LogP contribution is -2.15. The van der Waals surface area contributed by atoms with Crippen LogP contribution in [0.4, 0.5) is 4.39 Å². The minimum Gasteiger partial charge on any atom is -0.485 e. The predicted octanol–water partition coefficient (Wildman–Crippen LogP) is 4.78. The average molecular weight is 300 g/mol. The second kappa shape index (κ2) is 6.73. The molecular weight excluding hydrogens is 279 g/mol. The third-order valence-corrected chi connectivity index (χ3v) is 4.06. The molecule has 0 atom stereocenters. The third kappa shape index (κ3) is 3.94. The average Bonchev–Trinajstić information content (AvgIpc) is 2.53. The van der Waals surface area contributed by atoms with Gasteiger partial charge in [0.15, 0.2) is 12.4 Å². The molecule has 0 N–H and O–H groups in total. The molecule has 0 bridgehead atoms. The summed E-state index contributed by atoms with van der Waals surface area (Å²) in [6.07, 6.45) is 1.05. The van der Waals surface area contributed by atoms with Crippen molar-refractivity contribution in [3.8, 4) is 5.75 Å². The minimum absolute atomic E-state index is 0.0534. The van der Waals surface area contributed by atoms with E-state index >= 15 is 0 Å². The lowest BCUT2D eigenvalue weighted by Gasteiger charge is -2.23. The van der Waals surface area contributed by atoms with Crippen LogP contribution >= 0.6 is 0 Å². The summed E-state index contributed by atoms with van der Waals surface area (Å²) in [5, 5.41) is 0. The van der Waals surface area contributed by atoms with Crippen molar-refractivity contribution in [2.45, 2.75) is 32.6 Å². The summed E-state index contributed by atoms with van der Waals surface area (Å²) < 4.78 is 18.3. The molecule has 0 unspecified atom stereocenters. The van der Waals surface area contributed by atoms with E-state index < -0.39 is 0 Å². The van der Waals surface area contributed by atoms with Crippen LogP contribution in [0.15, 0.2) is 48.5 Å². The third-order valence-electron chi connectivity index (χ3n) is 4.06. The molecule has 0 heterocycles. The lowest BCUT2D eigenvalue weighted by atomic mass is 9.82. The fraction of sp³-hybridized carbons (Fsp3) is 0.316. The number of rotatable bonds is 6. The zero-order chi connectivity index (χ0) is 16.2. The molecule has 0 amide bonds. The van der Waals surface area contributed by atoms with Crippen molar-refractivity contribution in [1.29, 1.82) is 0 Å². The summed E-state index contributed by atoms with van der Waals surface area (Å²) in [7, 11) is 0. The maximum atomic E-state index is 12.8. The Morgan fingerprint density at radius 2 is 1.64 bits per heavy atom. The van der Waals surface area contributed by atoms with Gasteiger partial charge in [-0.05, 0) is 53.8 Å². The summed E-state index contributed by atoms with van der Waals surface area (Å²) in [6.45, 7) is 6.50. The summed E-state index contributed by atoms with van der Waals surface area (Å²) in [6, 6.07) is 13.3. The topological polar surface area (TPSA) is 26.3 Å². The highest BCUT2D eigenvalue weighted by molar-refractivity contribution is 5.97. The number of carbonyl (C=O) groups excluding carboxylic acids is 1. The van der Waals surface area contributed by atoms with Gasteiger partial charge >= 0.3 is 0 Å². The van der Waals surface area contributed by atoms with Gasteiger partial charge in [0.2, 0.25) is 0 Å². The number of halogens is 1. The molecule has 116 valence electrons. The molecule has 0 saturated heterocycles. The zero-order valence-corrected chi connectivity index (χ0v) is 13.2. The van der Waals surface area contributed by atoms with Crippen LogP contribution in [0.1, 0.15) is 43.1 Å². The Morgan fingerprint density at radius 3 is 2.18 bits per heavy atom. The molecule has 0 spiro atoms. The smallest absolute Gasteiger partial charge is 0.200 e. The van der Waals surface area contributed by atoms with E-state index in [1.54, 1.807) is 0 Å². The van der Waals surface area contributed by atoms with E-state index in [2.05, 4.69) is 20.8 Å². The summed E-state index contributed by atoms with van der Waals surface area (Å²) >= 11 is 0. The number of ether oxygens (including phenoxy) is 1. The van der Waals surface area contributed by atoms with E-state index in [4.69, 9.17) is 4.74 Å². The SMILES string of the molecule is CCC(C)(C)c1ccc(OCC(=O)c2ccc(F)cc2)cc1. The van der Waals surface area contributed by atoms with Gasteiger partial charge in [0, 0.05) is 5.56 Å². The monoisotopic (exact) mass is 300 g/mol. The molecule has 0 aromatic heterocycles. The van der Waals surface area contributed by atoms with E-state index in [0.717, 1.165) is 6.42 Å².